The number of aromatic nitrogens is 4. The van der Waals surface area contributed by atoms with E-state index in [1.807, 2.05) is 9.97 Å². The Bertz CT molecular complexity index is 629. The average molecular weight is 254 g/mol. The van der Waals surface area contributed by atoms with Crippen LogP contribution in [0.2, 0.25) is 0 Å². The number of hydrogen-bond acceptors (Lipinski definition) is 6. The molecule has 8 N–H and O–H groups in total. The first kappa shape index (κ1) is 13.0. The molecule has 2 rings (SSSR count). The van der Waals surface area contributed by atoms with Gasteiger partial charge in [-0.25, -0.2) is 9.59 Å². The summed E-state index contributed by atoms with van der Waals surface area (Å²) in [6.07, 6.45) is 0. The first-order valence-electron chi connectivity index (χ1n) is 4.55. The van der Waals surface area contributed by atoms with Crippen molar-refractivity contribution in [1.82, 2.24) is 19.9 Å². The van der Waals surface area contributed by atoms with Gasteiger partial charge in [0.1, 0.15) is 11.6 Å². The SMILES string of the molecule is Nc1cc(=O)[nH]c(=O)[nH]1.Nc1cc(=O)[nH]c(=O)[nH]1. The first-order valence-corrected chi connectivity index (χ1v) is 4.55. The maximum absolute atomic E-state index is 10.4. The molecule has 0 bridgehead atoms. The monoisotopic (exact) mass is 254 g/mol. The van der Waals surface area contributed by atoms with Crippen molar-refractivity contribution >= 4 is 11.6 Å². The van der Waals surface area contributed by atoms with E-state index in [1.165, 1.54) is 0 Å². The van der Waals surface area contributed by atoms with Crippen LogP contribution in [-0.2, 0) is 0 Å². The number of aromatic amines is 4. The zero-order chi connectivity index (χ0) is 13.7. The molecule has 18 heavy (non-hydrogen) atoms. The summed E-state index contributed by atoms with van der Waals surface area (Å²) in [5.74, 6) is 0.146. The summed E-state index contributed by atoms with van der Waals surface area (Å²) in [5.41, 5.74) is 8.02. The van der Waals surface area contributed by atoms with Gasteiger partial charge in [-0.1, -0.05) is 0 Å². The zero-order valence-electron chi connectivity index (χ0n) is 8.94. The quantitative estimate of drug-likeness (QED) is 0.297. The second-order valence-corrected chi connectivity index (χ2v) is 3.09. The number of hydrogen-bond donors (Lipinski definition) is 6. The maximum Gasteiger partial charge on any atom is 0.327 e. The van der Waals surface area contributed by atoms with Crippen LogP contribution in [0.5, 0.6) is 0 Å². The van der Waals surface area contributed by atoms with Gasteiger partial charge in [0.15, 0.2) is 0 Å². The minimum absolute atomic E-state index is 0.0729. The molecule has 0 fully saturated rings. The molecule has 0 aliphatic rings. The maximum atomic E-state index is 10.4. The second kappa shape index (κ2) is 5.34. The van der Waals surface area contributed by atoms with Gasteiger partial charge in [-0.15, -0.1) is 0 Å². The van der Waals surface area contributed by atoms with Crippen molar-refractivity contribution in [3.05, 3.63) is 53.8 Å². The van der Waals surface area contributed by atoms with Crippen LogP contribution < -0.4 is 34.0 Å². The summed E-state index contributed by atoms with van der Waals surface area (Å²) in [4.78, 5) is 49.6. The van der Waals surface area contributed by atoms with E-state index >= 15 is 0 Å². The van der Waals surface area contributed by atoms with Crippen LogP contribution in [0.15, 0.2) is 31.3 Å². The lowest BCUT2D eigenvalue weighted by molar-refractivity contribution is 1.04. The van der Waals surface area contributed by atoms with Gasteiger partial charge in [0.2, 0.25) is 0 Å². The van der Waals surface area contributed by atoms with Gasteiger partial charge in [0.05, 0.1) is 0 Å². The van der Waals surface area contributed by atoms with E-state index in [4.69, 9.17) is 11.5 Å². The molecule has 10 nitrogen and oxygen atoms in total. The Hall–Kier alpha value is -3.04. The van der Waals surface area contributed by atoms with Crippen molar-refractivity contribution in [1.29, 1.82) is 0 Å². The fraction of sp³-hybridized carbons (Fsp3) is 0. The van der Waals surface area contributed by atoms with Crippen LogP contribution in [0.4, 0.5) is 11.6 Å². The van der Waals surface area contributed by atoms with Gasteiger partial charge in [-0.3, -0.25) is 29.5 Å². The van der Waals surface area contributed by atoms with E-state index in [0.29, 0.717) is 0 Å². The van der Waals surface area contributed by atoms with E-state index in [0.717, 1.165) is 12.1 Å². The van der Waals surface area contributed by atoms with Crippen molar-refractivity contribution in [3.63, 3.8) is 0 Å². The van der Waals surface area contributed by atoms with Crippen molar-refractivity contribution < 1.29 is 0 Å². The molecule has 0 spiro atoms. The highest BCUT2D eigenvalue weighted by Gasteiger charge is 1.87. The summed E-state index contributed by atoms with van der Waals surface area (Å²) in [5, 5.41) is 0. The van der Waals surface area contributed by atoms with Gasteiger partial charge in [0, 0.05) is 12.1 Å². The highest BCUT2D eigenvalue weighted by Crippen LogP contribution is 1.78. The van der Waals surface area contributed by atoms with Crippen molar-refractivity contribution in [2.24, 2.45) is 0 Å². The molecular formula is C8H10N6O4. The minimum atomic E-state index is -0.583. The van der Waals surface area contributed by atoms with Gasteiger partial charge >= 0.3 is 11.4 Å². The summed E-state index contributed by atoms with van der Waals surface area (Å²) in [7, 11) is 0. The van der Waals surface area contributed by atoms with Gasteiger partial charge in [-0.2, -0.15) is 0 Å². The lowest BCUT2D eigenvalue weighted by Gasteiger charge is -1.85. The Kier molecular flexibility index (Phi) is 3.86. The molecule has 0 saturated heterocycles. The normalized spacial score (nSPS) is 9.33. The van der Waals surface area contributed by atoms with E-state index < -0.39 is 22.5 Å². The van der Waals surface area contributed by atoms with Crippen molar-refractivity contribution in [2.75, 3.05) is 11.5 Å². The summed E-state index contributed by atoms with van der Waals surface area (Å²) < 4.78 is 0. The molecule has 0 unspecified atom stereocenters. The Labute approximate surface area is 97.7 Å². The fourth-order valence-corrected chi connectivity index (χ4v) is 0.975. The molecule has 0 amide bonds. The predicted octanol–water partition coefficient (Wildman–Crippen LogP) is -2.71. The standard InChI is InChI=1S/2C4H5N3O2/c2*5-2-1-3(8)7-4(9)6-2/h2*1H,(H4,5,6,7,8,9). The van der Waals surface area contributed by atoms with Gasteiger partial charge < -0.3 is 11.5 Å². The van der Waals surface area contributed by atoms with Crippen LogP contribution >= 0.6 is 0 Å². The Balaban J connectivity index is 0.000000180. The van der Waals surface area contributed by atoms with Crippen molar-refractivity contribution in [3.8, 4) is 0 Å². The van der Waals surface area contributed by atoms with E-state index in [2.05, 4.69) is 9.97 Å². The minimum Gasteiger partial charge on any atom is -0.385 e. The molecule has 2 aromatic rings. The molecular weight excluding hydrogens is 244 g/mol. The molecule has 0 saturated carbocycles. The third kappa shape index (κ3) is 4.22. The highest BCUT2D eigenvalue weighted by atomic mass is 16.2. The Morgan fingerprint density at radius 2 is 1.00 bits per heavy atom. The zero-order valence-corrected chi connectivity index (χ0v) is 8.94. The number of H-pyrrole nitrogens is 4. The molecule has 0 atom stereocenters. The molecule has 2 heterocycles. The Morgan fingerprint density at radius 1 is 0.667 bits per heavy atom. The largest absolute Gasteiger partial charge is 0.385 e. The molecule has 0 aliphatic heterocycles. The summed E-state index contributed by atoms with van der Waals surface area (Å²) in [6, 6.07) is 2.20. The molecule has 0 radical (unpaired) electrons. The number of rotatable bonds is 0. The topological polar surface area (TPSA) is 183 Å². The lowest BCUT2D eigenvalue weighted by Crippen LogP contribution is -2.22. The van der Waals surface area contributed by atoms with E-state index in [9.17, 15) is 19.2 Å². The van der Waals surface area contributed by atoms with Crippen molar-refractivity contribution in [2.45, 2.75) is 0 Å². The van der Waals surface area contributed by atoms with E-state index in [1.54, 1.807) is 0 Å². The Morgan fingerprint density at radius 3 is 1.22 bits per heavy atom. The van der Waals surface area contributed by atoms with E-state index in [-0.39, 0.29) is 11.6 Å². The lowest BCUT2D eigenvalue weighted by atomic mass is 10.6. The van der Waals surface area contributed by atoms with Crippen LogP contribution in [0.3, 0.4) is 0 Å². The summed E-state index contributed by atoms with van der Waals surface area (Å²) >= 11 is 0. The fourth-order valence-electron chi connectivity index (χ4n) is 0.975. The van der Waals surface area contributed by atoms with Crippen LogP contribution in [-0.4, -0.2) is 19.9 Å². The molecule has 0 aliphatic carbocycles. The van der Waals surface area contributed by atoms with Crippen LogP contribution in [0.25, 0.3) is 0 Å². The number of nitrogens with two attached hydrogens (primary N) is 2. The second-order valence-electron chi connectivity index (χ2n) is 3.09. The predicted molar refractivity (Wildman–Crippen MR) is 64.2 cm³/mol. The first-order chi connectivity index (χ1) is 8.36. The average Bonchev–Trinajstić information content (AvgIpc) is 2.12. The van der Waals surface area contributed by atoms with Gasteiger partial charge in [0.25, 0.3) is 11.1 Å². The molecule has 96 valence electrons. The van der Waals surface area contributed by atoms with Crippen LogP contribution in [0, 0.1) is 0 Å². The smallest absolute Gasteiger partial charge is 0.327 e. The number of anilines is 2. The third-order valence-corrected chi connectivity index (χ3v) is 1.56. The molecule has 0 aromatic carbocycles. The summed E-state index contributed by atoms with van der Waals surface area (Å²) in [6.45, 7) is 0. The highest BCUT2D eigenvalue weighted by molar-refractivity contribution is 5.23. The van der Waals surface area contributed by atoms with Crippen LogP contribution in [0.1, 0.15) is 0 Å². The number of nitrogen functional groups attached to an aromatic ring is 2. The molecule has 2 aromatic heterocycles. The van der Waals surface area contributed by atoms with Gasteiger partial charge in [-0.05, 0) is 0 Å². The third-order valence-electron chi connectivity index (χ3n) is 1.56. The number of nitrogens with one attached hydrogen (secondary N) is 4. The molecule has 10 heteroatoms.